The van der Waals surface area contributed by atoms with Crippen LogP contribution in [0.1, 0.15) is 11.3 Å². The molecule has 1 aliphatic heterocycles. The maximum absolute atomic E-state index is 12.8. The Morgan fingerprint density at radius 3 is 2.32 bits per heavy atom. The molecule has 2 aromatic rings. The number of rotatable bonds is 7. The van der Waals surface area contributed by atoms with Crippen molar-refractivity contribution in [2.75, 3.05) is 25.7 Å². The van der Waals surface area contributed by atoms with Gasteiger partial charge in [0.05, 0.1) is 12.2 Å². The molecule has 1 aromatic carbocycles. The zero-order valence-corrected chi connectivity index (χ0v) is 17.3. The minimum absolute atomic E-state index is 0.0270. The van der Waals surface area contributed by atoms with Crippen molar-refractivity contribution in [1.82, 2.24) is 4.98 Å². The molecule has 168 valence electrons. The number of halogens is 3. The lowest BCUT2D eigenvalue weighted by Crippen LogP contribution is -2.32. The summed E-state index contributed by atoms with van der Waals surface area (Å²) >= 11 is 0. The molecule has 8 nitrogen and oxygen atoms in total. The zero-order chi connectivity index (χ0) is 22.8. The number of carbonyl (C=O) groups excluding carboxylic acids is 1. The number of methoxy groups -OCH3 is 2. The summed E-state index contributed by atoms with van der Waals surface area (Å²) in [6.07, 6.45) is -1.47. The van der Waals surface area contributed by atoms with Gasteiger partial charge in [0.2, 0.25) is 0 Å². The second-order valence-electron chi connectivity index (χ2n) is 6.64. The van der Waals surface area contributed by atoms with Crippen LogP contribution in [0.15, 0.2) is 42.5 Å². The molecular formula is C19H19F3N2O6S. The van der Waals surface area contributed by atoms with Crippen LogP contribution in [0.4, 0.5) is 19.0 Å². The Morgan fingerprint density at radius 1 is 1.10 bits per heavy atom. The summed E-state index contributed by atoms with van der Waals surface area (Å²) in [6.45, 7) is 0.104. The fraction of sp³-hybridized carbons (Fsp3) is 0.368. The van der Waals surface area contributed by atoms with Crippen molar-refractivity contribution in [2.45, 2.75) is 24.1 Å². The first kappa shape index (κ1) is 23.0. The second kappa shape index (κ2) is 8.81. The van der Waals surface area contributed by atoms with Crippen LogP contribution in [-0.4, -0.2) is 57.8 Å². The highest BCUT2D eigenvalue weighted by Gasteiger charge is 2.49. The predicted molar refractivity (Wildman–Crippen MR) is 103 cm³/mol. The van der Waals surface area contributed by atoms with Gasteiger partial charge in [-0.05, 0) is 17.7 Å². The van der Waals surface area contributed by atoms with Gasteiger partial charge in [0, 0.05) is 20.6 Å². The quantitative estimate of drug-likeness (QED) is 0.462. The first-order valence-electron chi connectivity index (χ1n) is 8.99. The molecule has 1 fully saturated rings. The molecule has 1 amide bonds. The van der Waals surface area contributed by atoms with Crippen molar-refractivity contribution >= 4 is 21.8 Å². The van der Waals surface area contributed by atoms with Crippen molar-refractivity contribution in [3.05, 3.63) is 53.7 Å². The van der Waals surface area contributed by atoms with Gasteiger partial charge in [-0.3, -0.25) is 9.69 Å². The van der Waals surface area contributed by atoms with E-state index in [1.807, 2.05) is 0 Å². The maximum Gasteiger partial charge on any atom is 0.534 e. The van der Waals surface area contributed by atoms with Crippen LogP contribution < -0.4 is 9.08 Å². The summed E-state index contributed by atoms with van der Waals surface area (Å²) < 4.78 is 76.2. The van der Waals surface area contributed by atoms with E-state index in [0.717, 1.165) is 6.07 Å². The fourth-order valence-electron chi connectivity index (χ4n) is 3.12. The van der Waals surface area contributed by atoms with Gasteiger partial charge in [-0.2, -0.15) is 21.6 Å². The third-order valence-corrected chi connectivity index (χ3v) is 5.62. The van der Waals surface area contributed by atoms with Gasteiger partial charge < -0.3 is 13.7 Å². The Hall–Kier alpha value is -2.70. The Balaban J connectivity index is 2.00. The molecule has 0 bridgehead atoms. The Labute approximate surface area is 176 Å². The van der Waals surface area contributed by atoms with Crippen molar-refractivity contribution in [2.24, 2.45) is 0 Å². The average molecular weight is 460 g/mol. The average Bonchev–Trinajstić information content (AvgIpc) is 3.04. The van der Waals surface area contributed by atoms with Crippen molar-refractivity contribution in [1.29, 1.82) is 0 Å². The number of hydrogen-bond acceptors (Lipinski definition) is 7. The molecular weight excluding hydrogens is 441 g/mol. The van der Waals surface area contributed by atoms with Gasteiger partial charge in [-0.15, -0.1) is 0 Å². The minimum Gasteiger partial charge on any atom is -0.376 e. The molecule has 12 heteroatoms. The zero-order valence-electron chi connectivity index (χ0n) is 16.5. The smallest absolute Gasteiger partial charge is 0.376 e. The highest BCUT2D eigenvalue weighted by Crippen LogP contribution is 2.32. The second-order valence-corrected chi connectivity index (χ2v) is 8.18. The number of benzene rings is 1. The van der Waals surface area contributed by atoms with Gasteiger partial charge in [0.25, 0.3) is 5.91 Å². The Bertz CT molecular complexity index is 1050. The first-order chi connectivity index (χ1) is 14.6. The van der Waals surface area contributed by atoms with Crippen LogP contribution in [-0.2, 0) is 30.8 Å². The number of ether oxygens (including phenoxy) is 2. The van der Waals surface area contributed by atoms with E-state index in [0.29, 0.717) is 5.56 Å². The molecule has 31 heavy (non-hydrogen) atoms. The molecule has 2 atom stereocenters. The molecule has 2 heterocycles. The van der Waals surface area contributed by atoms with Crippen LogP contribution in [0, 0.1) is 0 Å². The standard InChI is InChI=1S/C19H19F3N2O6S/c1-28-15-11-24(18(25)17(15)29-2)16-9-8-14(30-31(26,27)19(20,21)22)13(23-16)10-12-6-4-3-5-7-12/h3-9,15,17H,10-11H2,1-2H3/t15-,17-/m1/s1. The van der Waals surface area contributed by atoms with Gasteiger partial charge in [0.1, 0.15) is 11.9 Å². The van der Waals surface area contributed by atoms with Crippen LogP contribution >= 0.6 is 0 Å². The fourth-order valence-corrected chi connectivity index (χ4v) is 3.60. The van der Waals surface area contributed by atoms with Crippen LogP contribution in [0.25, 0.3) is 0 Å². The number of nitrogens with zero attached hydrogens (tertiary/aromatic N) is 2. The molecule has 1 aliphatic rings. The molecule has 0 radical (unpaired) electrons. The SMILES string of the molecule is CO[C@@H]1CN(c2ccc(OS(=O)(=O)C(F)(F)F)c(Cc3ccccc3)n2)C(=O)[C@@H]1OC. The molecule has 1 saturated heterocycles. The van der Waals surface area contributed by atoms with E-state index in [9.17, 15) is 26.4 Å². The topological polar surface area (TPSA) is 95.0 Å². The highest BCUT2D eigenvalue weighted by molar-refractivity contribution is 7.88. The highest BCUT2D eigenvalue weighted by atomic mass is 32.2. The molecule has 1 aromatic heterocycles. The van der Waals surface area contributed by atoms with E-state index in [1.165, 1.54) is 25.2 Å². The predicted octanol–water partition coefficient (Wildman–Crippen LogP) is 2.28. The summed E-state index contributed by atoms with van der Waals surface area (Å²) in [4.78, 5) is 18.1. The van der Waals surface area contributed by atoms with E-state index in [4.69, 9.17) is 9.47 Å². The number of hydrogen-bond donors (Lipinski definition) is 0. The molecule has 0 N–H and O–H groups in total. The van der Waals surface area contributed by atoms with Crippen molar-refractivity contribution < 1.29 is 40.0 Å². The largest absolute Gasteiger partial charge is 0.534 e. The number of carbonyl (C=O) groups is 1. The van der Waals surface area contributed by atoms with Crippen LogP contribution in [0.5, 0.6) is 5.75 Å². The normalized spacial score (nSPS) is 19.6. The van der Waals surface area contributed by atoms with Gasteiger partial charge in [0.15, 0.2) is 11.9 Å². The summed E-state index contributed by atoms with van der Waals surface area (Å²) in [5, 5.41) is 0. The lowest BCUT2D eigenvalue weighted by atomic mass is 10.1. The summed E-state index contributed by atoms with van der Waals surface area (Å²) in [5.41, 5.74) is -5.03. The Morgan fingerprint density at radius 2 is 1.77 bits per heavy atom. The number of pyridine rings is 1. The van der Waals surface area contributed by atoms with Crippen LogP contribution in [0.3, 0.4) is 0 Å². The lowest BCUT2D eigenvalue weighted by molar-refractivity contribution is -0.129. The molecule has 0 aliphatic carbocycles. The molecule has 0 spiro atoms. The van der Waals surface area contributed by atoms with E-state index in [1.54, 1.807) is 30.3 Å². The van der Waals surface area contributed by atoms with E-state index in [2.05, 4.69) is 9.17 Å². The minimum atomic E-state index is -5.89. The number of alkyl halides is 3. The van der Waals surface area contributed by atoms with E-state index < -0.39 is 39.5 Å². The first-order valence-corrected chi connectivity index (χ1v) is 10.4. The van der Waals surface area contributed by atoms with E-state index >= 15 is 0 Å². The third-order valence-electron chi connectivity index (χ3n) is 4.66. The van der Waals surface area contributed by atoms with Gasteiger partial charge in [-0.1, -0.05) is 30.3 Å². The van der Waals surface area contributed by atoms with Crippen molar-refractivity contribution in [3.63, 3.8) is 0 Å². The molecule has 0 unspecified atom stereocenters. The summed E-state index contributed by atoms with van der Waals surface area (Å²) in [7, 11) is -3.12. The van der Waals surface area contributed by atoms with Crippen molar-refractivity contribution in [3.8, 4) is 5.75 Å². The van der Waals surface area contributed by atoms with Crippen LogP contribution in [0.2, 0.25) is 0 Å². The number of anilines is 1. The summed E-state index contributed by atoms with van der Waals surface area (Å²) in [5.74, 6) is -0.915. The summed E-state index contributed by atoms with van der Waals surface area (Å²) in [6, 6.07) is 10.8. The van der Waals surface area contributed by atoms with E-state index in [-0.39, 0.29) is 24.5 Å². The molecule has 0 saturated carbocycles. The number of aromatic nitrogens is 1. The van der Waals surface area contributed by atoms with Gasteiger partial charge in [-0.25, -0.2) is 4.98 Å². The Kier molecular flexibility index (Phi) is 6.53. The number of amides is 1. The lowest BCUT2D eigenvalue weighted by Gasteiger charge is -2.18. The molecule has 3 rings (SSSR count). The third kappa shape index (κ3) is 4.81. The monoisotopic (exact) mass is 460 g/mol. The maximum atomic E-state index is 12.8. The van der Waals surface area contributed by atoms with Gasteiger partial charge >= 0.3 is 15.6 Å².